The third-order valence-electron chi connectivity index (χ3n) is 4.07. The molecule has 0 aliphatic heterocycles. The molecule has 3 nitrogen and oxygen atoms in total. The summed E-state index contributed by atoms with van der Waals surface area (Å²) in [6, 6.07) is 0. The molecular weight excluding hydrogens is 204 g/mol. The minimum atomic E-state index is -0.703. The lowest BCUT2D eigenvalue weighted by Crippen LogP contribution is -2.29. The van der Waals surface area contributed by atoms with E-state index < -0.39 is 5.41 Å². The summed E-state index contributed by atoms with van der Waals surface area (Å²) in [4.78, 5) is 35.5. The van der Waals surface area contributed by atoms with Crippen LogP contribution in [0.5, 0.6) is 0 Å². The first-order valence-electron chi connectivity index (χ1n) is 6.24. The van der Waals surface area contributed by atoms with Crippen LogP contribution in [-0.2, 0) is 14.4 Å². The Bertz CT molecular complexity index is 371. The Morgan fingerprint density at radius 3 is 1.94 bits per heavy atom. The van der Waals surface area contributed by atoms with Crippen LogP contribution in [0, 0.1) is 17.3 Å². The van der Waals surface area contributed by atoms with Crippen LogP contribution in [0.25, 0.3) is 0 Å². The van der Waals surface area contributed by atoms with Gasteiger partial charge in [-0.2, -0.15) is 0 Å². The summed E-state index contributed by atoms with van der Waals surface area (Å²) in [5, 5.41) is 0. The van der Waals surface area contributed by atoms with E-state index >= 15 is 0 Å². The molecule has 0 unspecified atom stereocenters. The van der Waals surface area contributed by atoms with Crippen molar-refractivity contribution >= 4 is 17.3 Å². The molecule has 0 aromatic heterocycles. The van der Waals surface area contributed by atoms with Crippen molar-refractivity contribution in [3.8, 4) is 0 Å². The van der Waals surface area contributed by atoms with Crippen LogP contribution < -0.4 is 0 Å². The van der Waals surface area contributed by atoms with E-state index in [-0.39, 0.29) is 35.6 Å². The molecule has 0 spiro atoms. The van der Waals surface area contributed by atoms with Gasteiger partial charge in [-0.15, -0.1) is 0 Å². The molecule has 0 heterocycles. The van der Waals surface area contributed by atoms with Crippen LogP contribution in [-0.4, -0.2) is 17.3 Å². The van der Waals surface area contributed by atoms with E-state index in [1.807, 2.05) is 0 Å². The predicted octanol–water partition coefficient (Wildman–Crippen LogP) is 1.68. The van der Waals surface area contributed by atoms with Gasteiger partial charge in [0.05, 0.1) is 11.8 Å². The zero-order valence-corrected chi connectivity index (χ0v) is 9.33. The average Bonchev–Trinajstić information content (AvgIpc) is 3.20. The van der Waals surface area contributed by atoms with Crippen molar-refractivity contribution in [2.45, 2.75) is 44.9 Å². The Balaban J connectivity index is 1.64. The standard InChI is InChI=1S/C13H16O3/c14-10(8-1-2-8)7-11(15)13(5-6-13)12(16)9-3-4-9/h8-9H,1-7H2. The van der Waals surface area contributed by atoms with Crippen molar-refractivity contribution < 1.29 is 14.4 Å². The van der Waals surface area contributed by atoms with Gasteiger partial charge in [0.25, 0.3) is 0 Å². The van der Waals surface area contributed by atoms with E-state index in [1.54, 1.807) is 0 Å². The normalized spacial score (nSPS) is 26.2. The van der Waals surface area contributed by atoms with Crippen molar-refractivity contribution in [2.24, 2.45) is 17.3 Å². The second kappa shape index (κ2) is 3.25. The van der Waals surface area contributed by atoms with Crippen molar-refractivity contribution in [3.63, 3.8) is 0 Å². The minimum Gasteiger partial charge on any atom is -0.299 e. The van der Waals surface area contributed by atoms with Crippen LogP contribution >= 0.6 is 0 Å². The third-order valence-corrected chi connectivity index (χ3v) is 4.07. The molecule has 0 aromatic rings. The summed E-state index contributed by atoms with van der Waals surface area (Å²) in [5.74, 6) is 0.403. The first-order valence-corrected chi connectivity index (χ1v) is 6.24. The summed E-state index contributed by atoms with van der Waals surface area (Å²) in [6.07, 6.45) is 5.18. The molecule has 3 fully saturated rings. The Hall–Kier alpha value is -0.990. The summed E-state index contributed by atoms with van der Waals surface area (Å²) >= 11 is 0. The van der Waals surface area contributed by atoms with Crippen LogP contribution in [0.15, 0.2) is 0 Å². The fourth-order valence-corrected chi connectivity index (χ4v) is 2.40. The number of carbonyl (C=O) groups excluding carboxylic acids is 3. The molecule has 0 saturated heterocycles. The van der Waals surface area contributed by atoms with Gasteiger partial charge in [-0.25, -0.2) is 0 Å². The van der Waals surface area contributed by atoms with Crippen LogP contribution in [0.1, 0.15) is 44.9 Å². The van der Waals surface area contributed by atoms with Crippen molar-refractivity contribution in [2.75, 3.05) is 0 Å². The van der Waals surface area contributed by atoms with Gasteiger partial charge in [0, 0.05) is 11.8 Å². The Labute approximate surface area is 94.6 Å². The van der Waals surface area contributed by atoms with E-state index in [0.717, 1.165) is 25.7 Å². The van der Waals surface area contributed by atoms with Crippen LogP contribution in [0.4, 0.5) is 0 Å². The fraction of sp³-hybridized carbons (Fsp3) is 0.769. The van der Waals surface area contributed by atoms with E-state index in [0.29, 0.717) is 12.8 Å². The molecule has 0 aromatic carbocycles. The second-order valence-electron chi connectivity index (χ2n) is 5.56. The smallest absolute Gasteiger partial charge is 0.153 e. The maximum atomic E-state index is 12.0. The molecule has 0 amide bonds. The molecule has 0 bridgehead atoms. The van der Waals surface area contributed by atoms with Gasteiger partial charge < -0.3 is 0 Å². The highest BCUT2D eigenvalue weighted by molar-refractivity contribution is 6.16. The molecule has 0 atom stereocenters. The van der Waals surface area contributed by atoms with Gasteiger partial charge in [0.1, 0.15) is 11.6 Å². The van der Waals surface area contributed by atoms with Gasteiger partial charge >= 0.3 is 0 Å². The van der Waals surface area contributed by atoms with E-state index in [9.17, 15) is 14.4 Å². The quantitative estimate of drug-likeness (QED) is 0.640. The van der Waals surface area contributed by atoms with Gasteiger partial charge in [0.15, 0.2) is 5.78 Å². The number of ketones is 3. The molecule has 3 saturated carbocycles. The second-order valence-corrected chi connectivity index (χ2v) is 5.56. The molecule has 86 valence electrons. The van der Waals surface area contributed by atoms with Crippen LogP contribution in [0.2, 0.25) is 0 Å². The molecule has 3 heteroatoms. The van der Waals surface area contributed by atoms with Gasteiger partial charge in [-0.05, 0) is 38.5 Å². The average molecular weight is 220 g/mol. The highest BCUT2D eigenvalue weighted by atomic mass is 16.2. The molecule has 3 aliphatic carbocycles. The summed E-state index contributed by atoms with van der Waals surface area (Å²) in [6.45, 7) is 0. The number of hydrogen-bond acceptors (Lipinski definition) is 3. The lowest BCUT2D eigenvalue weighted by atomic mass is 9.89. The number of hydrogen-bond donors (Lipinski definition) is 0. The third kappa shape index (κ3) is 1.62. The number of carbonyl (C=O) groups is 3. The maximum absolute atomic E-state index is 12.0. The summed E-state index contributed by atoms with van der Waals surface area (Å²) < 4.78 is 0. The first-order chi connectivity index (χ1) is 7.63. The Morgan fingerprint density at radius 1 is 0.938 bits per heavy atom. The monoisotopic (exact) mass is 220 g/mol. The molecule has 3 aliphatic rings. The van der Waals surface area contributed by atoms with E-state index in [1.165, 1.54) is 0 Å². The van der Waals surface area contributed by atoms with Crippen molar-refractivity contribution in [1.29, 1.82) is 0 Å². The zero-order chi connectivity index (χ0) is 11.3. The van der Waals surface area contributed by atoms with Gasteiger partial charge in [-0.1, -0.05) is 0 Å². The fourth-order valence-electron chi connectivity index (χ4n) is 2.40. The molecule has 16 heavy (non-hydrogen) atoms. The minimum absolute atomic E-state index is 0.0170. The topological polar surface area (TPSA) is 51.2 Å². The molecule has 0 N–H and O–H groups in total. The summed E-state index contributed by atoms with van der Waals surface area (Å²) in [7, 11) is 0. The largest absolute Gasteiger partial charge is 0.299 e. The zero-order valence-electron chi connectivity index (χ0n) is 9.33. The van der Waals surface area contributed by atoms with Crippen molar-refractivity contribution in [1.82, 2.24) is 0 Å². The number of Topliss-reactive ketones (excluding diaryl/α,β-unsaturated/α-hetero) is 3. The lowest BCUT2D eigenvalue weighted by molar-refractivity contribution is -0.137. The number of rotatable bonds is 6. The van der Waals surface area contributed by atoms with Gasteiger partial charge in [-0.3, -0.25) is 14.4 Å². The molecule has 0 radical (unpaired) electrons. The van der Waals surface area contributed by atoms with Gasteiger partial charge in [0.2, 0.25) is 0 Å². The summed E-state index contributed by atoms with van der Waals surface area (Å²) in [5.41, 5.74) is -0.703. The van der Waals surface area contributed by atoms with Crippen LogP contribution in [0.3, 0.4) is 0 Å². The Morgan fingerprint density at radius 2 is 1.50 bits per heavy atom. The van der Waals surface area contributed by atoms with Crippen molar-refractivity contribution in [3.05, 3.63) is 0 Å². The molecule has 3 rings (SSSR count). The molecular formula is C13H16O3. The predicted molar refractivity (Wildman–Crippen MR) is 56.8 cm³/mol. The highest BCUT2D eigenvalue weighted by Crippen LogP contribution is 2.53. The lowest BCUT2D eigenvalue weighted by Gasteiger charge is -2.11. The van der Waals surface area contributed by atoms with E-state index in [2.05, 4.69) is 0 Å². The Kier molecular flexibility index (Phi) is 2.07. The SMILES string of the molecule is O=C(CC(=O)C1(C(=O)C2CC2)CC1)C1CC1. The highest BCUT2D eigenvalue weighted by Gasteiger charge is 2.59. The van der Waals surface area contributed by atoms with E-state index in [4.69, 9.17) is 0 Å². The first kappa shape index (κ1) is 10.2. The maximum Gasteiger partial charge on any atom is 0.153 e.